The zero-order valence-electron chi connectivity index (χ0n) is 12.7. The summed E-state index contributed by atoms with van der Waals surface area (Å²) in [6.45, 7) is 0.169. The molecule has 3 N–H and O–H groups in total. The van der Waals surface area contributed by atoms with Crippen LogP contribution in [0.5, 0.6) is 6.01 Å². The minimum Gasteiger partial charge on any atom is -0.460 e. The molecule has 3 rings (SSSR count). The second-order valence-electron chi connectivity index (χ2n) is 5.10. The monoisotopic (exact) mass is 318 g/mol. The zero-order chi connectivity index (χ0) is 16.9. The highest BCUT2D eigenvalue weighted by atomic mass is 16.5. The average Bonchev–Trinajstić information content (AvgIpc) is 2.60. The molecule has 0 spiro atoms. The summed E-state index contributed by atoms with van der Waals surface area (Å²) in [4.78, 5) is 19.0. The smallest absolute Gasteiger partial charge is 0.298 e. The van der Waals surface area contributed by atoms with Crippen molar-refractivity contribution in [2.45, 2.75) is 6.61 Å². The fourth-order valence-corrected chi connectivity index (χ4v) is 2.30. The summed E-state index contributed by atoms with van der Waals surface area (Å²) in [5.41, 5.74) is 7.89. The lowest BCUT2D eigenvalue weighted by molar-refractivity contribution is 0.280. The van der Waals surface area contributed by atoms with Crippen molar-refractivity contribution in [2.24, 2.45) is 0 Å². The third-order valence-electron chi connectivity index (χ3n) is 3.42. The molecule has 1 aromatic heterocycles. The number of nitriles is 1. The summed E-state index contributed by atoms with van der Waals surface area (Å²) in [5, 5.41) is 8.89. The molecule has 6 nitrogen and oxygen atoms in total. The van der Waals surface area contributed by atoms with Gasteiger partial charge in [0.25, 0.3) is 11.6 Å². The molecule has 0 aliphatic heterocycles. The van der Waals surface area contributed by atoms with E-state index in [-0.39, 0.29) is 24.0 Å². The fraction of sp³-hybridized carbons (Fsp3) is 0.0556. The van der Waals surface area contributed by atoms with Gasteiger partial charge in [0.1, 0.15) is 12.4 Å². The highest BCUT2D eigenvalue weighted by molar-refractivity contribution is 5.72. The number of nitrogens with two attached hydrogens (primary N) is 1. The van der Waals surface area contributed by atoms with E-state index in [1.165, 1.54) is 0 Å². The Morgan fingerprint density at radius 1 is 1.17 bits per heavy atom. The molecular weight excluding hydrogens is 304 g/mol. The molecule has 0 aliphatic carbocycles. The van der Waals surface area contributed by atoms with Gasteiger partial charge in [0, 0.05) is 0 Å². The Morgan fingerprint density at radius 2 is 1.96 bits per heavy atom. The SMILES string of the molecule is N#Cc1cccc(COc2nc(N)c(-c3ccccc3)c(=O)[nH]2)c1. The number of aromatic amines is 1. The molecule has 0 radical (unpaired) electrons. The van der Waals surface area contributed by atoms with Gasteiger partial charge in [0.15, 0.2) is 0 Å². The van der Waals surface area contributed by atoms with Crippen molar-refractivity contribution in [3.05, 3.63) is 76.1 Å². The van der Waals surface area contributed by atoms with Crippen LogP contribution in [0.1, 0.15) is 11.1 Å². The van der Waals surface area contributed by atoms with Crippen LogP contribution < -0.4 is 16.0 Å². The Balaban J connectivity index is 1.83. The Morgan fingerprint density at radius 3 is 2.67 bits per heavy atom. The van der Waals surface area contributed by atoms with Gasteiger partial charge in [-0.05, 0) is 23.3 Å². The molecule has 0 atom stereocenters. The molecule has 0 saturated heterocycles. The third kappa shape index (κ3) is 3.25. The van der Waals surface area contributed by atoms with Crippen LogP contribution >= 0.6 is 0 Å². The number of H-pyrrole nitrogens is 1. The van der Waals surface area contributed by atoms with Crippen LogP contribution in [0, 0.1) is 11.3 Å². The minimum atomic E-state index is -0.366. The van der Waals surface area contributed by atoms with E-state index in [1.807, 2.05) is 24.3 Å². The van der Waals surface area contributed by atoms with Crippen LogP contribution in [0.2, 0.25) is 0 Å². The largest absolute Gasteiger partial charge is 0.460 e. The van der Waals surface area contributed by atoms with Crippen LogP contribution in [-0.4, -0.2) is 9.97 Å². The van der Waals surface area contributed by atoms with Crippen molar-refractivity contribution in [2.75, 3.05) is 5.73 Å². The number of ether oxygens (including phenoxy) is 1. The van der Waals surface area contributed by atoms with Crippen LogP contribution in [0.25, 0.3) is 11.1 Å². The fourth-order valence-electron chi connectivity index (χ4n) is 2.30. The highest BCUT2D eigenvalue weighted by Gasteiger charge is 2.11. The maximum absolute atomic E-state index is 12.3. The Bertz CT molecular complexity index is 959. The van der Waals surface area contributed by atoms with Crippen molar-refractivity contribution >= 4 is 5.82 Å². The van der Waals surface area contributed by atoms with Gasteiger partial charge in [0.2, 0.25) is 0 Å². The first-order valence-corrected chi connectivity index (χ1v) is 7.24. The van der Waals surface area contributed by atoms with Crippen LogP contribution in [0.15, 0.2) is 59.4 Å². The molecule has 118 valence electrons. The molecule has 0 amide bonds. The van der Waals surface area contributed by atoms with Gasteiger partial charge in [-0.15, -0.1) is 0 Å². The van der Waals surface area contributed by atoms with Gasteiger partial charge in [-0.2, -0.15) is 10.2 Å². The Labute approximate surface area is 138 Å². The molecule has 0 saturated carbocycles. The van der Waals surface area contributed by atoms with Gasteiger partial charge in [-0.3, -0.25) is 9.78 Å². The number of aromatic nitrogens is 2. The molecule has 0 unspecified atom stereocenters. The van der Waals surface area contributed by atoms with Gasteiger partial charge in [-0.1, -0.05) is 42.5 Å². The molecule has 24 heavy (non-hydrogen) atoms. The number of nitrogens with one attached hydrogen (secondary N) is 1. The number of rotatable bonds is 4. The minimum absolute atomic E-state index is 0.0412. The van der Waals surface area contributed by atoms with Crippen LogP contribution in [-0.2, 0) is 6.61 Å². The Kier molecular flexibility index (Phi) is 4.25. The lowest BCUT2D eigenvalue weighted by Crippen LogP contribution is -2.16. The van der Waals surface area contributed by atoms with Crippen molar-refractivity contribution in [3.8, 4) is 23.2 Å². The number of hydrogen-bond donors (Lipinski definition) is 2. The van der Waals surface area contributed by atoms with E-state index in [0.29, 0.717) is 16.7 Å². The van der Waals surface area contributed by atoms with E-state index >= 15 is 0 Å². The van der Waals surface area contributed by atoms with E-state index in [4.69, 9.17) is 15.7 Å². The summed E-state index contributed by atoms with van der Waals surface area (Å²) in [7, 11) is 0. The first-order valence-electron chi connectivity index (χ1n) is 7.24. The third-order valence-corrected chi connectivity index (χ3v) is 3.42. The number of nitrogen functional groups attached to an aromatic ring is 1. The molecule has 2 aromatic carbocycles. The second kappa shape index (κ2) is 6.67. The van der Waals surface area contributed by atoms with Gasteiger partial charge < -0.3 is 10.5 Å². The predicted octanol–water partition coefficient (Wildman–Crippen LogP) is 2.47. The quantitative estimate of drug-likeness (QED) is 0.769. The normalized spacial score (nSPS) is 10.1. The number of hydrogen-bond acceptors (Lipinski definition) is 5. The predicted molar refractivity (Wildman–Crippen MR) is 90.2 cm³/mol. The van der Waals surface area contributed by atoms with Crippen LogP contribution in [0.4, 0.5) is 5.82 Å². The number of benzene rings is 2. The molecular formula is C18H14N4O2. The average molecular weight is 318 g/mol. The maximum Gasteiger partial charge on any atom is 0.298 e. The maximum atomic E-state index is 12.3. The van der Waals surface area contributed by atoms with Crippen molar-refractivity contribution < 1.29 is 4.74 Å². The zero-order valence-corrected chi connectivity index (χ0v) is 12.7. The first kappa shape index (κ1) is 15.3. The number of nitrogens with zero attached hydrogens (tertiary/aromatic N) is 2. The summed E-state index contributed by atoms with van der Waals surface area (Å²) < 4.78 is 5.49. The lowest BCUT2D eigenvalue weighted by Gasteiger charge is -2.08. The molecule has 0 bridgehead atoms. The van der Waals surface area contributed by atoms with E-state index in [0.717, 1.165) is 5.56 Å². The standard InChI is InChI=1S/C18H14N4O2/c19-10-12-5-4-6-13(9-12)11-24-18-21-16(20)15(17(23)22-18)14-7-2-1-3-8-14/h1-9H,11H2,(H3,20,21,22,23). The molecule has 6 heteroatoms. The van der Waals surface area contributed by atoms with E-state index < -0.39 is 0 Å². The second-order valence-corrected chi connectivity index (χ2v) is 5.10. The first-order chi connectivity index (χ1) is 11.7. The number of anilines is 1. The topological polar surface area (TPSA) is 105 Å². The van der Waals surface area contributed by atoms with Gasteiger partial charge in [0.05, 0.1) is 17.2 Å². The lowest BCUT2D eigenvalue weighted by atomic mass is 10.1. The highest BCUT2D eigenvalue weighted by Crippen LogP contribution is 2.21. The van der Waals surface area contributed by atoms with Gasteiger partial charge >= 0.3 is 0 Å². The van der Waals surface area contributed by atoms with E-state index in [9.17, 15) is 4.79 Å². The van der Waals surface area contributed by atoms with Crippen LogP contribution in [0.3, 0.4) is 0 Å². The molecule has 3 aromatic rings. The van der Waals surface area contributed by atoms with E-state index in [1.54, 1.807) is 30.3 Å². The van der Waals surface area contributed by atoms with Crippen molar-refractivity contribution in [1.82, 2.24) is 9.97 Å². The summed E-state index contributed by atoms with van der Waals surface area (Å²) in [6, 6.07) is 18.2. The summed E-state index contributed by atoms with van der Waals surface area (Å²) in [5.74, 6) is 0.103. The molecule has 1 heterocycles. The summed E-state index contributed by atoms with van der Waals surface area (Å²) in [6.07, 6.45) is 0. The molecule has 0 aliphatic rings. The Hall–Kier alpha value is -3.59. The van der Waals surface area contributed by atoms with E-state index in [2.05, 4.69) is 16.0 Å². The van der Waals surface area contributed by atoms with Crippen molar-refractivity contribution in [1.29, 1.82) is 5.26 Å². The molecule has 0 fully saturated rings. The van der Waals surface area contributed by atoms with Gasteiger partial charge in [-0.25, -0.2) is 0 Å². The van der Waals surface area contributed by atoms with Crippen molar-refractivity contribution in [3.63, 3.8) is 0 Å². The summed E-state index contributed by atoms with van der Waals surface area (Å²) >= 11 is 0.